The van der Waals surface area contributed by atoms with Crippen molar-refractivity contribution in [2.24, 2.45) is 0 Å². The van der Waals surface area contributed by atoms with Gasteiger partial charge in [0.2, 0.25) is 4.96 Å². The first kappa shape index (κ1) is 26.1. The predicted octanol–water partition coefficient (Wildman–Crippen LogP) is 5.31. The summed E-state index contributed by atoms with van der Waals surface area (Å²) in [5, 5.41) is 20.4. The molecule has 0 aliphatic heterocycles. The molecule has 0 spiro atoms. The molecule has 11 heteroatoms. The van der Waals surface area contributed by atoms with Gasteiger partial charge in [-0.05, 0) is 61.0 Å². The van der Waals surface area contributed by atoms with Crippen LogP contribution < -0.4 is 14.8 Å². The van der Waals surface area contributed by atoms with Crippen molar-refractivity contribution in [3.05, 3.63) is 116 Å². The number of thiazole rings is 1. The molecule has 0 aliphatic carbocycles. The molecule has 3 heterocycles. The number of nitro groups is 1. The molecule has 41 heavy (non-hydrogen) atoms. The zero-order valence-electron chi connectivity index (χ0n) is 22.0. The number of nitrogens with zero attached hydrogens (tertiary/aromatic N) is 6. The zero-order chi connectivity index (χ0) is 28.3. The molecule has 0 saturated heterocycles. The van der Waals surface area contributed by atoms with Crippen LogP contribution in [0.4, 0.5) is 5.69 Å². The molecule has 6 rings (SSSR count). The van der Waals surface area contributed by atoms with E-state index in [0.29, 0.717) is 38.7 Å². The lowest BCUT2D eigenvalue weighted by molar-refractivity contribution is -0.384. The van der Waals surface area contributed by atoms with Gasteiger partial charge >= 0.3 is 0 Å². The van der Waals surface area contributed by atoms with E-state index in [2.05, 4.69) is 17.0 Å². The van der Waals surface area contributed by atoms with E-state index in [1.807, 2.05) is 60.8 Å². The molecule has 0 N–H and O–H groups in total. The molecule has 0 atom stereocenters. The highest BCUT2D eigenvalue weighted by Gasteiger charge is 2.16. The van der Waals surface area contributed by atoms with Gasteiger partial charge in [0, 0.05) is 35.0 Å². The molecule has 204 valence electrons. The normalized spacial score (nSPS) is 11.8. The van der Waals surface area contributed by atoms with Crippen molar-refractivity contribution in [1.82, 2.24) is 24.4 Å². The van der Waals surface area contributed by atoms with E-state index in [4.69, 9.17) is 9.84 Å². The van der Waals surface area contributed by atoms with E-state index in [1.54, 1.807) is 22.9 Å². The monoisotopic (exact) mass is 564 g/mol. The van der Waals surface area contributed by atoms with Crippen molar-refractivity contribution in [3.8, 4) is 34.1 Å². The van der Waals surface area contributed by atoms with Crippen molar-refractivity contribution >= 4 is 28.1 Å². The summed E-state index contributed by atoms with van der Waals surface area (Å²) in [7, 11) is 0. The number of para-hydroxylation sites is 1. The van der Waals surface area contributed by atoms with Gasteiger partial charge in [0.1, 0.15) is 11.4 Å². The number of ether oxygens (including phenoxy) is 1. The second-order valence-corrected chi connectivity index (χ2v) is 10.3. The molecule has 0 saturated carbocycles. The van der Waals surface area contributed by atoms with Crippen LogP contribution in [0.25, 0.3) is 39.4 Å². The number of rotatable bonds is 9. The quantitative estimate of drug-likeness (QED) is 0.133. The van der Waals surface area contributed by atoms with Gasteiger partial charge < -0.3 is 4.74 Å². The van der Waals surface area contributed by atoms with E-state index >= 15 is 0 Å². The molecule has 3 aromatic heterocycles. The second-order valence-electron chi connectivity index (χ2n) is 9.29. The smallest absolute Gasteiger partial charge is 0.291 e. The van der Waals surface area contributed by atoms with Gasteiger partial charge in [-0.15, -0.1) is 5.10 Å². The molecule has 0 fully saturated rings. The fourth-order valence-electron chi connectivity index (χ4n) is 4.30. The molecular weight excluding hydrogens is 540 g/mol. The highest BCUT2D eigenvalue weighted by atomic mass is 32.1. The highest BCUT2D eigenvalue weighted by molar-refractivity contribution is 7.15. The molecular formula is C30H24N6O4S. The molecule has 3 aromatic carbocycles. The zero-order valence-corrected chi connectivity index (χ0v) is 22.8. The van der Waals surface area contributed by atoms with Crippen LogP contribution in [0.1, 0.15) is 25.3 Å². The average Bonchev–Trinajstić information content (AvgIpc) is 3.69. The Kier molecular flexibility index (Phi) is 7.09. The third-order valence-corrected chi connectivity index (χ3v) is 7.42. The first-order valence-corrected chi connectivity index (χ1v) is 13.9. The Morgan fingerprint density at radius 3 is 2.39 bits per heavy atom. The fraction of sp³-hybridized carbons (Fsp3) is 0.133. The number of non-ortho nitro benzene ring substituents is 1. The van der Waals surface area contributed by atoms with Crippen LogP contribution in [0, 0.1) is 10.1 Å². The van der Waals surface area contributed by atoms with Gasteiger partial charge in [0.15, 0.2) is 5.82 Å². The number of unbranched alkanes of at least 4 members (excludes halogenated alkanes) is 1. The summed E-state index contributed by atoms with van der Waals surface area (Å²) in [5.74, 6) is 1.24. The Morgan fingerprint density at radius 2 is 1.71 bits per heavy atom. The first-order valence-electron chi connectivity index (χ1n) is 13.0. The Labute approximate surface area is 237 Å². The maximum atomic E-state index is 13.3. The minimum Gasteiger partial charge on any atom is -0.494 e. The number of hydrogen-bond acceptors (Lipinski definition) is 8. The van der Waals surface area contributed by atoms with Gasteiger partial charge in [0.05, 0.1) is 21.7 Å². The van der Waals surface area contributed by atoms with Crippen LogP contribution in [-0.4, -0.2) is 35.9 Å². The fourth-order valence-corrected chi connectivity index (χ4v) is 5.20. The third-order valence-electron chi connectivity index (χ3n) is 6.46. The maximum absolute atomic E-state index is 13.3. The molecule has 10 nitrogen and oxygen atoms in total. The average molecular weight is 565 g/mol. The van der Waals surface area contributed by atoms with Gasteiger partial charge in [0.25, 0.3) is 11.2 Å². The van der Waals surface area contributed by atoms with Crippen molar-refractivity contribution in [2.75, 3.05) is 6.61 Å². The summed E-state index contributed by atoms with van der Waals surface area (Å²) >= 11 is 1.24. The number of benzene rings is 3. The summed E-state index contributed by atoms with van der Waals surface area (Å²) in [6, 6.07) is 23.3. The van der Waals surface area contributed by atoms with Crippen molar-refractivity contribution < 1.29 is 9.66 Å². The lowest BCUT2D eigenvalue weighted by atomic mass is 10.1. The lowest BCUT2D eigenvalue weighted by Gasteiger charge is -2.05. The third kappa shape index (κ3) is 5.35. The van der Waals surface area contributed by atoms with Crippen molar-refractivity contribution in [2.45, 2.75) is 19.8 Å². The van der Waals surface area contributed by atoms with E-state index in [1.165, 1.54) is 28.0 Å². The van der Waals surface area contributed by atoms with E-state index in [-0.39, 0.29) is 11.2 Å². The highest BCUT2D eigenvalue weighted by Crippen LogP contribution is 2.27. The van der Waals surface area contributed by atoms with Gasteiger partial charge in [-0.1, -0.05) is 42.9 Å². The summed E-state index contributed by atoms with van der Waals surface area (Å²) in [5.41, 5.74) is 3.29. The summed E-state index contributed by atoms with van der Waals surface area (Å²) < 4.78 is 9.20. The predicted molar refractivity (Wildman–Crippen MR) is 157 cm³/mol. The van der Waals surface area contributed by atoms with Crippen molar-refractivity contribution in [3.63, 3.8) is 0 Å². The van der Waals surface area contributed by atoms with Crippen LogP contribution >= 0.6 is 11.3 Å². The molecule has 0 amide bonds. The minimum atomic E-state index is -0.443. The Bertz CT molecular complexity index is 1940. The second kappa shape index (κ2) is 11.1. The Morgan fingerprint density at radius 1 is 0.976 bits per heavy atom. The summed E-state index contributed by atoms with van der Waals surface area (Å²) in [4.78, 5) is 29.1. The molecule has 6 aromatic rings. The Balaban J connectivity index is 1.37. The maximum Gasteiger partial charge on any atom is 0.291 e. The van der Waals surface area contributed by atoms with Crippen LogP contribution in [-0.2, 0) is 0 Å². The first-order chi connectivity index (χ1) is 20.0. The summed E-state index contributed by atoms with van der Waals surface area (Å²) in [6.45, 7) is 2.79. The SMILES string of the molecule is CCCCOc1ccc(-c2nc3sc(=Cc4cn(-c5ccccc5)nc4-c4ccc([N+](=O)[O-])cc4)c(=O)n3n2)cc1. The molecule has 0 unspecified atom stereocenters. The van der Waals surface area contributed by atoms with Crippen LogP contribution in [0.15, 0.2) is 89.9 Å². The van der Waals surface area contributed by atoms with E-state index < -0.39 is 4.92 Å². The molecule has 0 bridgehead atoms. The van der Waals surface area contributed by atoms with Crippen molar-refractivity contribution in [1.29, 1.82) is 0 Å². The number of nitro benzene ring substituents is 1. The van der Waals surface area contributed by atoms with Crippen LogP contribution in [0.2, 0.25) is 0 Å². The minimum absolute atomic E-state index is 0.0105. The van der Waals surface area contributed by atoms with Crippen LogP contribution in [0.3, 0.4) is 0 Å². The Hall–Kier alpha value is -5.16. The summed E-state index contributed by atoms with van der Waals surface area (Å²) in [6.07, 6.45) is 5.65. The molecule has 0 radical (unpaired) electrons. The van der Waals surface area contributed by atoms with Gasteiger partial charge in [-0.25, -0.2) is 4.68 Å². The number of hydrogen-bond donors (Lipinski definition) is 0. The van der Waals surface area contributed by atoms with E-state index in [9.17, 15) is 14.9 Å². The van der Waals surface area contributed by atoms with E-state index in [0.717, 1.165) is 29.8 Å². The number of fused-ring (bicyclic) bond motifs is 1. The van der Waals surface area contributed by atoms with Gasteiger partial charge in [-0.3, -0.25) is 14.9 Å². The standard InChI is InChI=1S/C30H24N6O4S/c1-2-3-17-40-25-15-11-21(12-16-25)28-31-30-35(33-28)29(37)26(41-30)18-22-19-34(23-7-5-4-6-8-23)32-27(22)20-9-13-24(14-10-20)36(38)39/h4-16,18-19H,2-3,17H2,1H3. The molecule has 0 aliphatic rings. The lowest BCUT2D eigenvalue weighted by Crippen LogP contribution is -2.23. The van der Waals surface area contributed by atoms with Gasteiger partial charge in [-0.2, -0.15) is 14.6 Å². The number of aromatic nitrogens is 5. The van der Waals surface area contributed by atoms with Crippen LogP contribution in [0.5, 0.6) is 5.75 Å². The largest absolute Gasteiger partial charge is 0.494 e. The topological polar surface area (TPSA) is 117 Å².